The molecule has 3 atom stereocenters. The first-order chi connectivity index (χ1) is 16.3. The number of nitrogens with one attached hydrogen (secondary N) is 1. The highest BCUT2D eigenvalue weighted by molar-refractivity contribution is 5.68. The number of carbonyl (C=O) groups is 1. The van der Waals surface area contributed by atoms with Gasteiger partial charge in [0, 0.05) is 19.1 Å². The molecule has 1 aliphatic carbocycles. The standard InChI is InChI=1S/C24H32F3N5O3/c1-14(2)32-21(34-18-8-6-7-17(11-18)24(25,26)27)29-20(30-32)28-19-15-9-10-16(19)13-31(12-15)22(33)35-23(3,4)5/h6-8,11,14-16,19H,9-10,12-13H2,1-5H3,(H,28,30)/t15-,16+,19-. The van der Waals surface area contributed by atoms with E-state index in [9.17, 15) is 18.0 Å². The third-order valence-corrected chi connectivity index (χ3v) is 6.24. The topological polar surface area (TPSA) is 81.5 Å². The van der Waals surface area contributed by atoms with E-state index in [1.54, 1.807) is 9.58 Å². The summed E-state index contributed by atoms with van der Waals surface area (Å²) in [6.07, 6.45) is -2.82. The van der Waals surface area contributed by atoms with Gasteiger partial charge in [-0.2, -0.15) is 18.2 Å². The Bertz CT molecular complexity index is 1050. The zero-order chi connectivity index (χ0) is 25.5. The molecule has 1 aromatic heterocycles. The number of carbonyl (C=O) groups excluding carboxylic acids is 1. The molecule has 1 aliphatic heterocycles. The Morgan fingerprint density at radius 2 is 1.80 bits per heavy atom. The molecule has 8 nitrogen and oxygen atoms in total. The number of anilines is 1. The number of aromatic nitrogens is 3. The molecule has 192 valence electrons. The van der Waals surface area contributed by atoms with E-state index < -0.39 is 17.3 Å². The maximum absolute atomic E-state index is 13.1. The smallest absolute Gasteiger partial charge is 0.416 e. The van der Waals surface area contributed by atoms with Gasteiger partial charge >= 0.3 is 18.3 Å². The van der Waals surface area contributed by atoms with Gasteiger partial charge in [-0.05, 0) is 77.5 Å². The van der Waals surface area contributed by atoms with E-state index >= 15 is 0 Å². The van der Waals surface area contributed by atoms with E-state index in [1.165, 1.54) is 12.1 Å². The van der Waals surface area contributed by atoms with Crippen LogP contribution in [0.4, 0.5) is 23.9 Å². The van der Waals surface area contributed by atoms with Gasteiger partial charge in [0.05, 0.1) is 11.6 Å². The quantitative estimate of drug-likeness (QED) is 0.571. The number of alkyl halides is 3. The summed E-state index contributed by atoms with van der Waals surface area (Å²) in [5.41, 5.74) is -1.34. The lowest BCUT2D eigenvalue weighted by atomic mass is 9.92. The van der Waals surface area contributed by atoms with Crippen LogP contribution in [-0.4, -0.2) is 50.5 Å². The molecule has 0 unspecified atom stereocenters. The van der Waals surface area contributed by atoms with Crippen LogP contribution in [0.5, 0.6) is 11.8 Å². The lowest BCUT2D eigenvalue weighted by Crippen LogP contribution is -2.51. The van der Waals surface area contributed by atoms with Crippen molar-refractivity contribution in [2.45, 2.75) is 71.3 Å². The zero-order valence-corrected chi connectivity index (χ0v) is 20.6. The van der Waals surface area contributed by atoms with Crippen LogP contribution in [0.1, 0.15) is 59.1 Å². The second-order valence-corrected chi connectivity index (χ2v) is 10.5. The van der Waals surface area contributed by atoms with Crippen molar-refractivity contribution >= 4 is 12.0 Å². The molecule has 0 radical (unpaired) electrons. The third kappa shape index (κ3) is 5.82. The zero-order valence-electron chi connectivity index (χ0n) is 20.6. The number of nitrogens with zero attached hydrogens (tertiary/aromatic N) is 4. The number of ether oxygens (including phenoxy) is 2. The molecule has 11 heteroatoms. The van der Waals surface area contributed by atoms with Crippen LogP contribution >= 0.6 is 0 Å². The number of amides is 1. The molecule has 1 saturated heterocycles. The van der Waals surface area contributed by atoms with Gasteiger partial charge in [-0.3, -0.25) is 0 Å². The minimum atomic E-state index is -4.47. The molecule has 1 aromatic carbocycles. The van der Waals surface area contributed by atoms with Crippen LogP contribution in [0, 0.1) is 11.8 Å². The maximum atomic E-state index is 13.1. The van der Waals surface area contributed by atoms with E-state index in [4.69, 9.17) is 9.47 Å². The number of piperidine rings is 1. The van der Waals surface area contributed by atoms with Crippen molar-refractivity contribution < 1.29 is 27.4 Å². The predicted molar refractivity (Wildman–Crippen MR) is 123 cm³/mol. The van der Waals surface area contributed by atoms with E-state index in [-0.39, 0.29) is 41.8 Å². The fourth-order valence-electron chi connectivity index (χ4n) is 4.70. The van der Waals surface area contributed by atoms with E-state index in [0.29, 0.717) is 19.0 Å². The second kappa shape index (κ2) is 9.23. The molecule has 2 aromatic rings. The number of halogens is 3. The van der Waals surface area contributed by atoms with Gasteiger partial charge in [0.1, 0.15) is 11.4 Å². The number of benzene rings is 1. The molecule has 35 heavy (non-hydrogen) atoms. The van der Waals surface area contributed by atoms with E-state index in [2.05, 4.69) is 15.4 Å². The van der Waals surface area contributed by atoms with Gasteiger partial charge in [-0.15, -0.1) is 5.10 Å². The summed E-state index contributed by atoms with van der Waals surface area (Å²) in [5, 5.41) is 7.92. The van der Waals surface area contributed by atoms with E-state index in [0.717, 1.165) is 25.0 Å². The summed E-state index contributed by atoms with van der Waals surface area (Å²) >= 11 is 0. The highest BCUT2D eigenvalue weighted by Gasteiger charge is 2.44. The Morgan fingerprint density at radius 3 is 2.37 bits per heavy atom. The minimum Gasteiger partial charge on any atom is -0.444 e. The van der Waals surface area contributed by atoms with Gasteiger partial charge < -0.3 is 19.7 Å². The monoisotopic (exact) mass is 495 g/mol. The molecular formula is C24H32F3N5O3. The lowest BCUT2D eigenvalue weighted by molar-refractivity contribution is -0.137. The van der Waals surface area contributed by atoms with Crippen LogP contribution in [0.25, 0.3) is 0 Å². The number of fused-ring (bicyclic) bond motifs is 2. The fourth-order valence-corrected chi connectivity index (χ4v) is 4.70. The SMILES string of the molecule is CC(C)n1nc(N[C@@H]2[C@@H]3CC[C@H]2CN(C(=O)OC(C)(C)C)C3)nc1Oc1cccc(C(F)(F)F)c1. The van der Waals surface area contributed by atoms with E-state index in [1.807, 2.05) is 34.6 Å². The highest BCUT2D eigenvalue weighted by Crippen LogP contribution is 2.39. The Morgan fingerprint density at radius 1 is 1.14 bits per heavy atom. The van der Waals surface area contributed by atoms with Crippen molar-refractivity contribution in [3.05, 3.63) is 29.8 Å². The Labute approximate surface area is 202 Å². The number of hydrogen-bond donors (Lipinski definition) is 1. The summed E-state index contributed by atoms with van der Waals surface area (Å²) in [7, 11) is 0. The summed E-state index contributed by atoms with van der Waals surface area (Å²) in [6.45, 7) is 10.5. The summed E-state index contributed by atoms with van der Waals surface area (Å²) < 4.78 is 52.1. The first-order valence-electron chi connectivity index (χ1n) is 11.9. The van der Waals surface area contributed by atoms with Crippen LogP contribution in [0.2, 0.25) is 0 Å². The van der Waals surface area contributed by atoms with Crippen molar-refractivity contribution in [1.82, 2.24) is 19.7 Å². The largest absolute Gasteiger partial charge is 0.444 e. The molecule has 2 aliphatic rings. The fraction of sp³-hybridized carbons (Fsp3) is 0.625. The van der Waals surface area contributed by atoms with Gasteiger partial charge in [0.15, 0.2) is 0 Å². The molecular weight excluding hydrogens is 463 g/mol. The average Bonchev–Trinajstić information content (AvgIpc) is 3.22. The predicted octanol–water partition coefficient (Wildman–Crippen LogP) is 5.73. The van der Waals surface area contributed by atoms with Crippen LogP contribution < -0.4 is 10.1 Å². The molecule has 1 amide bonds. The molecule has 2 fully saturated rings. The molecule has 0 spiro atoms. The first-order valence-corrected chi connectivity index (χ1v) is 11.9. The normalized spacial score (nSPS) is 22.4. The second-order valence-electron chi connectivity index (χ2n) is 10.5. The molecule has 2 bridgehead atoms. The average molecular weight is 496 g/mol. The van der Waals surface area contributed by atoms with Gasteiger partial charge in [0.25, 0.3) is 0 Å². The van der Waals surface area contributed by atoms with Gasteiger partial charge in [-0.1, -0.05) is 6.07 Å². The number of hydrogen-bond acceptors (Lipinski definition) is 6. The Balaban J connectivity index is 1.48. The Hall–Kier alpha value is -2.98. The van der Waals surface area contributed by atoms with Crippen LogP contribution in [-0.2, 0) is 10.9 Å². The van der Waals surface area contributed by atoms with Crippen molar-refractivity contribution in [1.29, 1.82) is 0 Å². The van der Waals surface area contributed by atoms with Crippen LogP contribution in [0.15, 0.2) is 24.3 Å². The number of rotatable bonds is 5. The molecule has 1 N–H and O–H groups in total. The first kappa shape index (κ1) is 25.1. The van der Waals surface area contributed by atoms with Crippen molar-refractivity contribution in [3.8, 4) is 11.8 Å². The lowest BCUT2D eigenvalue weighted by Gasteiger charge is -2.38. The molecule has 2 heterocycles. The molecule has 4 rings (SSSR count). The minimum absolute atomic E-state index is 0.0337. The van der Waals surface area contributed by atoms with Crippen molar-refractivity contribution in [2.24, 2.45) is 11.8 Å². The van der Waals surface area contributed by atoms with Gasteiger partial charge in [0.2, 0.25) is 5.95 Å². The van der Waals surface area contributed by atoms with Crippen molar-refractivity contribution in [3.63, 3.8) is 0 Å². The van der Waals surface area contributed by atoms with Gasteiger partial charge in [-0.25, -0.2) is 9.48 Å². The highest BCUT2D eigenvalue weighted by atomic mass is 19.4. The molecule has 1 saturated carbocycles. The van der Waals surface area contributed by atoms with Crippen molar-refractivity contribution in [2.75, 3.05) is 18.4 Å². The summed E-state index contributed by atoms with van der Waals surface area (Å²) in [4.78, 5) is 18.8. The maximum Gasteiger partial charge on any atom is 0.416 e. The number of likely N-dealkylation sites (tertiary alicyclic amines) is 1. The van der Waals surface area contributed by atoms with Crippen LogP contribution in [0.3, 0.4) is 0 Å². The summed E-state index contributed by atoms with van der Waals surface area (Å²) in [6, 6.07) is 4.76. The summed E-state index contributed by atoms with van der Waals surface area (Å²) in [5.74, 6) is 0.833. The Kier molecular flexibility index (Phi) is 6.63. The third-order valence-electron chi connectivity index (χ3n) is 6.24.